The molecule has 1 heterocycles. The van der Waals surface area contributed by atoms with Crippen molar-refractivity contribution in [1.29, 1.82) is 0 Å². The molecule has 0 unspecified atom stereocenters. The average Bonchev–Trinajstić information content (AvgIpc) is 2.26. The van der Waals surface area contributed by atoms with Crippen molar-refractivity contribution in [1.82, 2.24) is 0 Å². The zero-order chi connectivity index (χ0) is 8.27. The van der Waals surface area contributed by atoms with Gasteiger partial charge in [-0.2, -0.15) is 0 Å². The van der Waals surface area contributed by atoms with Gasteiger partial charge in [-0.15, -0.1) is 0 Å². The van der Waals surface area contributed by atoms with E-state index >= 15 is 0 Å². The molecular weight excluding hydrogens is 140 g/mol. The molecule has 0 amide bonds. The van der Waals surface area contributed by atoms with E-state index in [4.69, 9.17) is 4.42 Å². The van der Waals surface area contributed by atoms with E-state index in [9.17, 15) is 4.79 Å². The van der Waals surface area contributed by atoms with Crippen molar-refractivity contribution in [2.24, 2.45) is 0 Å². The molecule has 1 aromatic rings. The van der Waals surface area contributed by atoms with Crippen molar-refractivity contribution in [3.05, 3.63) is 23.2 Å². The molecule has 0 spiro atoms. The Balaban J connectivity index is 2.69. The summed E-state index contributed by atoms with van der Waals surface area (Å²) in [6, 6.07) is 1.99. The second-order valence-electron chi connectivity index (χ2n) is 2.67. The minimum absolute atomic E-state index is 0.549. The van der Waals surface area contributed by atoms with Crippen LogP contribution in [0.2, 0.25) is 0 Å². The molecule has 0 saturated heterocycles. The average molecular weight is 152 g/mol. The molecule has 0 aromatic carbocycles. The van der Waals surface area contributed by atoms with Crippen LogP contribution in [0.1, 0.15) is 23.5 Å². The Labute approximate surface area is 66.2 Å². The summed E-state index contributed by atoms with van der Waals surface area (Å²) in [4.78, 5) is 10.1. The van der Waals surface area contributed by atoms with Crippen molar-refractivity contribution in [3.8, 4) is 0 Å². The highest BCUT2D eigenvalue weighted by Crippen LogP contribution is 2.14. The summed E-state index contributed by atoms with van der Waals surface area (Å²) in [7, 11) is 0. The summed E-state index contributed by atoms with van der Waals surface area (Å²) in [5.74, 6) is 1.86. The third-order valence-corrected chi connectivity index (χ3v) is 1.63. The van der Waals surface area contributed by atoms with Gasteiger partial charge in [0.1, 0.15) is 17.8 Å². The van der Waals surface area contributed by atoms with Crippen LogP contribution >= 0.6 is 0 Å². The topological polar surface area (TPSA) is 30.2 Å². The number of carbonyl (C=O) groups is 1. The van der Waals surface area contributed by atoms with Gasteiger partial charge in [-0.3, -0.25) is 0 Å². The maximum absolute atomic E-state index is 10.1. The summed E-state index contributed by atoms with van der Waals surface area (Å²) in [5, 5.41) is 0. The van der Waals surface area contributed by atoms with E-state index in [-0.39, 0.29) is 0 Å². The van der Waals surface area contributed by atoms with E-state index in [0.717, 1.165) is 29.8 Å². The first-order chi connectivity index (χ1) is 5.24. The zero-order valence-corrected chi connectivity index (χ0v) is 6.89. The smallest absolute Gasteiger partial charge is 0.120 e. The molecule has 11 heavy (non-hydrogen) atoms. The minimum Gasteiger partial charge on any atom is -0.466 e. The van der Waals surface area contributed by atoms with E-state index in [1.807, 2.05) is 19.9 Å². The van der Waals surface area contributed by atoms with Gasteiger partial charge in [-0.25, -0.2) is 0 Å². The van der Waals surface area contributed by atoms with Gasteiger partial charge >= 0.3 is 0 Å². The molecule has 60 valence electrons. The first-order valence-corrected chi connectivity index (χ1v) is 3.73. The zero-order valence-electron chi connectivity index (χ0n) is 6.89. The summed E-state index contributed by atoms with van der Waals surface area (Å²) in [5.41, 5.74) is 1.14. The molecule has 0 aliphatic carbocycles. The van der Waals surface area contributed by atoms with Gasteiger partial charge in [0.15, 0.2) is 0 Å². The molecular formula is C9H12O2. The van der Waals surface area contributed by atoms with Gasteiger partial charge in [-0.05, 0) is 25.5 Å². The Kier molecular flexibility index (Phi) is 2.47. The Bertz CT molecular complexity index is 248. The predicted octanol–water partition coefficient (Wildman–Crippen LogP) is 2.03. The van der Waals surface area contributed by atoms with Gasteiger partial charge in [-0.1, -0.05) is 0 Å². The van der Waals surface area contributed by atoms with Crippen LogP contribution in [-0.2, 0) is 11.2 Å². The lowest BCUT2D eigenvalue weighted by molar-refractivity contribution is -0.107. The fourth-order valence-corrected chi connectivity index (χ4v) is 1.13. The van der Waals surface area contributed by atoms with Crippen LogP contribution in [0.3, 0.4) is 0 Å². The highest BCUT2D eigenvalue weighted by molar-refractivity contribution is 5.49. The summed E-state index contributed by atoms with van der Waals surface area (Å²) >= 11 is 0. The molecule has 0 aliphatic heterocycles. The lowest BCUT2D eigenvalue weighted by Gasteiger charge is -1.91. The van der Waals surface area contributed by atoms with Gasteiger partial charge < -0.3 is 9.21 Å². The van der Waals surface area contributed by atoms with Crippen molar-refractivity contribution in [2.75, 3.05) is 0 Å². The Morgan fingerprint density at radius 3 is 2.73 bits per heavy atom. The lowest BCUT2D eigenvalue weighted by Crippen LogP contribution is -1.84. The van der Waals surface area contributed by atoms with E-state index < -0.39 is 0 Å². The molecule has 0 bridgehead atoms. The summed E-state index contributed by atoms with van der Waals surface area (Å²) in [6.45, 7) is 3.91. The molecule has 2 heteroatoms. The predicted molar refractivity (Wildman–Crippen MR) is 42.6 cm³/mol. The number of hydrogen-bond acceptors (Lipinski definition) is 2. The Morgan fingerprint density at radius 2 is 2.27 bits per heavy atom. The van der Waals surface area contributed by atoms with Crippen LogP contribution in [0, 0.1) is 13.8 Å². The molecule has 0 atom stereocenters. The molecule has 0 radical (unpaired) electrons. The minimum atomic E-state index is 0.549. The van der Waals surface area contributed by atoms with Gasteiger partial charge in [0, 0.05) is 12.8 Å². The quantitative estimate of drug-likeness (QED) is 0.620. The maximum Gasteiger partial charge on any atom is 0.120 e. The van der Waals surface area contributed by atoms with Gasteiger partial charge in [0.2, 0.25) is 0 Å². The fourth-order valence-electron chi connectivity index (χ4n) is 1.13. The first-order valence-electron chi connectivity index (χ1n) is 3.73. The van der Waals surface area contributed by atoms with E-state index in [2.05, 4.69) is 0 Å². The molecule has 2 nitrogen and oxygen atoms in total. The van der Waals surface area contributed by atoms with E-state index in [1.165, 1.54) is 0 Å². The van der Waals surface area contributed by atoms with E-state index in [1.54, 1.807) is 0 Å². The van der Waals surface area contributed by atoms with Crippen molar-refractivity contribution in [3.63, 3.8) is 0 Å². The molecule has 0 saturated carbocycles. The summed E-state index contributed by atoms with van der Waals surface area (Å²) < 4.78 is 5.36. The van der Waals surface area contributed by atoms with Gasteiger partial charge in [0.25, 0.3) is 0 Å². The van der Waals surface area contributed by atoms with Crippen molar-refractivity contribution < 1.29 is 9.21 Å². The normalized spacial score (nSPS) is 10.0. The highest BCUT2D eigenvalue weighted by atomic mass is 16.3. The third kappa shape index (κ3) is 1.93. The number of carbonyl (C=O) groups excluding carboxylic acids is 1. The maximum atomic E-state index is 10.1. The van der Waals surface area contributed by atoms with Crippen molar-refractivity contribution in [2.45, 2.75) is 26.7 Å². The molecule has 0 fully saturated rings. The van der Waals surface area contributed by atoms with Crippen LogP contribution in [0.25, 0.3) is 0 Å². The molecule has 1 rings (SSSR count). The second-order valence-corrected chi connectivity index (χ2v) is 2.67. The van der Waals surface area contributed by atoms with Gasteiger partial charge in [0.05, 0.1) is 0 Å². The van der Waals surface area contributed by atoms with Crippen LogP contribution in [0.4, 0.5) is 0 Å². The highest BCUT2D eigenvalue weighted by Gasteiger charge is 2.02. The third-order valence-electron chi connectivity index (χ3n) is 1.63. The standard InChI is InChI=1S/C9H12O2/c1-7-6-8(2)11-9(7)4-3-5-10/h5-6H,3-4H2,1-2H3. The molecule has 1 aromatic heterocycles. The Morgan fingerprint density at radius 1 is 1.55 bits per heavy atom. The number of aldehydes is 1. The summed E-state index contributed by atoms with van der Waals surface area (Å²) in [6.07, 6.45) is 2.19. The fraction of sp³-hybridized carbons (Fsp3) is 0.444. The number of furan rings is 1. The monoisotopic (exact) mass is 152 g/mol. The number of hydrogen-bond donors (Lipinski definition) is 0. The van der Waals surface area contributed by atoms with Crippen LogP contribution in [0.15, 0.2) is 10.5 Å². The SMILES string of the molecule is Cc1cc(C)c(CCC=O)o1. The van der Waals surface area contributed by atoms with Crippen LogP contribution in [-0.4, -0.2) is 6.29 Å². The van der Waals surface area contributed by atoms with Crippen molar-refractivity contribution >= 4 is 6.29 Å². The first kappa shape index (κ1) is 8.05. The lowest BCUT2D eigenvalue weighted by atomic mass is 10.2. The van der Waals surface area contributed by atoms with E-state index in [0.29, 0.717) is 6.42 Å². The van der Waals surface area contributed by atoms with Crippen LogP contribution in [0.5, 0.6) is 0 Å². The molecule has 0 aliphatic rings. The second kappa shape index (κ2) is 3.37. The number of rotatable bonds is 3. The molecule has 0 N–H and O–H groups in total. The largest absolute Gasteiger partial charge is 0.466 e. The van der Waals surface area contributed by atoms with Crippen LogP contribution < -0.4 is 0 Å². The number of aryl methyl sites for hydroxylation is 3. The Hall–Kier alpha value is -1.05.